The third-order valence-electron chi connectivity index (χ3n) is 6.41. The Morgan fingerprint density at radius 2 is 1.16 bits per heavy atom. The number of nitrogens with zero attached hydrogens (tertiary/aromatic N) is 4. The number of carbonyl (C=O) groups excluding carboxylic acids is 2. The fraction of sp³-hybridized carbons (Fsp3) is 0.188. The van der Waals surface area contributed by atoms with Crippen LogP contribution in [-0.4, -0.2) is 70.7 Å². The third kappa shape index (κ3) is 9.95. The van der Waals surface area contributed by atoms with Crippen molar-refractivity contribution in [2.75, 3.05) is 33.0 Å². The van der Waals surface area contributed by atoms with Gasteiger partial charge in [0, 0.05) is 22.4 Å². The Morgan fingerprint density at radius 1 is 0.700 bits per heavy atom. The highest BCUT2D eigenvalue weighted by atomic mass is 32.2. The molecule has 0 atom stereocenters. The van der Waals surface area contributed by atoms with Crippen molar-refractivity contribution in [3.05, 3.63) is 105 Å². The minimum absolute atomic E-state index is 0.0837. The molecule has 0 fully saturated rings. The van der Waals surface area contributed by atoms with E-state index in [9.17, 15) is 46.1 Å². The van der Waals surface area contributed by atoms with Crippen LogP contribution in [0.5, 0.6) is 11.5 Å². The van der Waals surface area contributed by atoms with Gasteiger partial charge in [0.05, 0.1) is 44.1 Å². The first-order valence-corrected chi connectivity index (χ1v) is 16.8. The number of ether oxygens (including phenoxy) is 4. The molecule has 0 aromatic heterocycles. The molecule has 0 spiro atoms. The SMILES string of the molecule is [C-]#[N+]C(C#N)=c1cc(OCCOC(=O)c2ccccc2S(=O)(=O)O)c(=C(C#N)[N+]#[C-])cc1OCCOCCC(=O)c1ccccc1S(=O)(=O)O. The second-order valence-corrected chi connectivity index (χ2v) is 12.3. The Hall–Kier alpha value is -6.12. The van der Waals surface area contributed by atoms with E-state index in [4.69, 9.17) is 32.1 Å². The number of esters is 1. The fourth-order valence-electron chi connectivity index (χ4n) is 4.22. The summed E-state index contributed by atoms with van der Waals surface area (Å²) in [4.78, 5) is 30.1. The summed E-state index contributed by atoms with van der Waals surface area (Å²) in [5.41, 5.74) is -1.55. The number of ketones is 1. The van der Waals surface area contributed by atoms with E-state index in [2.05, 4.69) is 9.69 Å². The molecule has 0 bridgehead atoms. The lowest BCUT2D eigenvalue weighted by molar-refractivity contribution is 0.0444. The van der Waals surface area contributed by atoms with Crippen LogP contribution in [0.3, 0.4) is 0 Å². The molecule has 0 saturated carbocycles. The van der Waals surface area contributed by atoms with E-state index < -0.39 is 72.0 Å². The van der Waals surface area contributed by atoms with E-state index in [0.29, 0.717) is 0 Å². The van der Waals surface area contributed by atoms with Gasteiger partial charge in [0.1, 0.15) is 41.1 Å². The van der Waals surface area contributed by atoms with Gasteiger partial charge in [-0.05, 0) is 30.3 Å². The summed E-state index contributed by atoms with van der Waals surface area (Å²) in [6.45, 7) is 13.4. The number of carbonyl (C=O) groups is 2. The molecule has 0 saturated heterocycles. The standard InChI is InChI=1S/C32H24N4O12S2/c1-35-25(19-33)23-18-29(47-15-16-48-32(38)22-8-4-6-10-31(22)50(42,43)44)24(26(20-34)36-2)17-28(23)46-14-13-45-12-11-27(37)21-7-3-5-9-30(21)49(39,40)41/h3-10,17-18H,11-16H2,(H,39,40,41)(H,42,43,44). The largest absolute Gasteiger partial charge is 0.492 e. The fourth-order valence-corrected chi connectivity index (χ4v) is 5.61. The van der Waals surface area contributed by atoms with Crippen LogP contribution in [0.15, 0.2) is 70.5 Å². The van der Waals surface area contributed by atoms with Crippen LogP contribution < -0.4 is 19.9 Å². The first kappa shape index (κ1) is 38.3. The Bertz CT molecular complexity index is 2300. The monoisotopic (exact) mass is 720 g/mol. The Kier molecular flexibility index (Phi) is 13.3. The normalized spacial score (nSPS) is 12.2. The summed E-state index contributed by atoms with van der Waals surface area (Å²) >= 11 is 0. The van der Waals surface area contributed by atoms with Gasteiger partial charge in [-0.25, -0.2) is 25.0 Å². The number of benzene rings is 3. The molecule has 0 aliphatic heterocycles. The molecule has 0 amide bonds. The third-order valence-corrected chi connectivity index (χ3v) is 8.23. The predicted molar refractivity (Wildman–Crippen MR) is 170 cm³/mol. The average molecular weight is 721 g/mol. The molecule has 0 radical (unpaired) electrons. The summed E-state index contributed by atoms with van der Waals surface area (Å²) in [5, 5.41) is 18.9. The lowest BCUT2D eigenvalue weighted by Crippen LogP contribution is -2.22. The minimum Gasteiger partial charge on any atom is -0.492 e. The van der Waals surface area contributed by atoms with Crippen molar-refractivity contribution in [3.8, 4) is 23.6 Å². The zero-order valence-electron chi connectivity index (χ0n) is 25.6. The number of hydrogen-bond donors (Lipinski definition) is 2. The number of nitriles is 2. The molecular formula is C32H24N4O12S2. The smallest absolute Gasteiger partial charge is 0.339 e. The van der Waals surface area contributed by atoms with Gasteiger partial charge in [0.15, 0.2) is 5.78 Å². The molecule has 256 valence electrons. The van der Waals surface area contributed by atoms with Crippen molar-refractivity contribution in [1.29, 1.82) is 10.5 Å². The molecular weight excluding hydrogens is 697 g/mol. The maximum absolute atomic E-state index is 12.5. The summed E-state index contributed by atoms with van der Waals surface area (Å²) in [6, 6.07) is 15.7. The average Bonchev–Trinajstić information content (AvgIpc) is 3.09. The van der Waals surface area contributed by atoms with Crippen LogP contribution in [0.4, 0.5) is 0 Å². The second-order valence-electron chi connectivity index (χ2n) is 9.55. The van der Waals surface area contributed by atoms with E-state index in [-0.39, 0.29) is 53.7 Å². The van der Waals surface area contributed by atoms with Crippen LogP contribution in [0.2, 0.25) is 0 Å². The van der Waals surface area contributed by atoms with Gasteiger partial charge in [-0.1, -0.05) is 30.3 Å². The highest BCUT2D eigenvalue weighted by Crippen LogP contribution is 2.18. The van der Waals surface area contributed by atoms with E-state index in [1.807, 2.05) is 0 Å². The molecule has 0 aliphatic carbocycles. The lowest BCUT2D eigenvalue weighted by atomic mass is 10.1. The zero-order valence-corrected chi connectivity index (χ0v) is 27.2. The van der Waals surface area contributed by atoms with Gasteiger partial charge in [-0.2, -0.15) is 16.8 Å². The Labute approximate surface area is 285 Å². The van der Waals surface area contributed by atoms with Gasteiger partial charge in [-0.15, -0.1) is 0 Å². The topological polar surface area (TPSA) is 236 Å². The van der Waals surface area contributed by atoms with Crippen LogP contribution in [0.1, 0.15) is 27.1 Å². The highest BCUT2D eigenvalue weighted by molar-refractivity contribution is 7.86. The molecule has 3 aromatic rings. The molecule has 3 rings (SSSR count). The lowest BCUT2D eigenvalue weighted by Gasteiger charge is -2.13. The van der Waals surface area contributed by atoms with E-state index >= 15 is 0 Å². The van der Waals surface area contributed by atoms with Crippen molar-refractivity contribution >= 4 is 43.4 Å². The summed E-state index contributed by atoms with van der Waals surface area (Å²) in [7, 11) is -9.36. The van der Waals surface area contributed by atoms with E-state index in [1.54, 1.807) is 12.1 Å². The van der Waals surface area contributed by atoms with E-state index in [1.165, 1.54) is 42.5 Å². The van der Waals surface area contributed by atoms with Crippen molar-refractivity contribution in [2.24, 2.45) is 0 Å². The van der Waals surface area contributed by atoms with Crippen LogP contribution >= 0.6 is 0 Å². The summed E-state index contributed by atoms with van der Waals surface area (Å²) in [5.74, 6) is -1.97. The number of rotatable bonds is 15. The Balaban J connectivity index is 1.76. The number of hydrogen-bond acceptors (Lipinski definition) is 12. The quantitative estimate of drug-likeness (QED) is 0.0753. The molecule has 16 nitrogen and oxygen atoms in total. The summed E-state index contributed by atoms with van der Waals surface area (Å²) < 4.78 is 86.8. The highest BCUT2D eigenvalue weighted by Gasteiger charge is 2.22. The maximum Gasteiger partial charge on any atom is 0.339 e. The molecule has 2 N–H and O–H groups in total. The molecule has 3 aromatic carbocycles. The van der Waals surface area contributed by atoms with Crippen molar-refractivity contribution in [2.45, 2.75) is 16.2 Å². The molecule has 50 heavy (non-hydrogen) atoms. The van der Waals surface area contributed by atoms with Crippen LogP contribution in [0, 0.1) is 35.8 Å². The summed E-state index contributed by atoms with van der Waals surface area (Å²) in [6.07, 6.45) is -0.244. The van der Waals surface area contributed by atoms with Gasteiger partial charge >= 0.3 is 5.97 Å². The molecule has 18 heteroatoms. The Morgan fingerprint density at radius 3 is 1.64 bits per heavy atom. The van der Waals surface area contributed by atoms with Gasteiger partial charge < -0.3 is 18.9 Å². The number of Topliss-reactive ketones (excluding diaryl/α,β-unsaturated/α-hetero) is 1. The van der Waals surface area contributed by atoms with Gasteiger partial charge in [-0.3, -0.25) is 13.9 Å². The van der Waals surface area contributed by atoms with Crippen molar-refractivity contribution in [3.63, 3.8) is 0 Å². The van der Waals surface area contributed by atoms with Crippen LogP contribution in [-0.2, 0) is 29.7 Å². The first-order chi connectivity index (χ1) is 23.8. The second kappa shape index (κ2) is 17.3. The minimum atomic E-state index is -4.73. The molecule has 0 aliphatic rings. The van der Waals surface area contributed by atoms with Gasteiger partial charge in [0.25, 0.3) is 31.6 Å². The molecule has 0 heterocycles. The van der Waals surface area contributed by atoms with Crippen molar-refractivity contribution in [1.82, 2.24) is 0 Å². The van der Waals surface area contributed by atoms with Crippen LogP contribution in [0.25, 0.3) is 21.1 Å². The first-order valence-electron chi connectivity index (χ1n) is 13.9. The zero-order chi connectivity index (χ0) is 36.9. The van der Waals surface area contributed by atoms with Crippen molar-refractivity contribution < 1.29 is 54.5 Å². The maximum atomic E-state index is 12.5. The molecule has 0 unspecified atom stereocenters. The van der Waals surface area contributed by atoms with Gasteiger partial charge in [0.2, 0.25) is 0 Å². The predicted octanol–water partition coefficient (Wildman–Crippen LogP) is 2.19. The van der Waals surface area contributed by atoms with E-state index in [0.717, 1.165) is 18.2 Å².